The lowest BCUT2D eigenvalue weighted by Gasteiger charge is -2.04. The molecule has 0 unspecified atom stereocenters. The number of carbonyl (C=O) groups excluding carboxylic acids is 2. The molecule has 0 spiro atoms. The largest absolute Gasteiger partial charge is 1.00 e. The van der Waals surface area contributed by atoms with Gasteiger partial charge < -0.3 is 33.3 Å². The molecule has 0 saturated heterocycles. The van der Waals surface area contributed by atoms with E-state index in [4.69, 9.17) is 20.9 Å². The molecule has 6 aromatic rings. The maximum atomic E-state index is 12.1. The second-order valence-corrected chi connectivity index (χ2v) is 14.6. The molecule has 0 amide bonds. The summed E-state index contributed by atoms with van der Waals surface area (Å²) in [4.78, 5) is 63.4. The van der Waals surface area contributed by atoms with Gasteiger partial charge in [0, 0.05) is 63.3 Å². The van der Waals surface area contributed by atoms with Crippen molar-refractivity contribution in [3.05, 3.63) is 147 Å². The number of non-ortho nitro benzene ring substituents is 2. The Morgan fingerprint density at radius 3 is 1.33 bits per heavy atom. The van der Waals surface area contributed by atoms with Gasteiger partial charge in [-0.05, 0) is 38.1 Å². The second kappa shape index (κ2) is 22.2. The Hall–Kier alpha value is -6.22. The molecule has 22 heteroatoms. The predicted octanol–water partition coefficient (Wildman–Crippen LogP) is 2.19. The molecule has 6 rings (SSSR count). The number of thiazole rings is 2. The Bertz CT molecular complexity index is 2280. The van der Waals surface area contributed by atoms with Crippen LogP contribution in [0.15, 0.2) is 71.9 Å². The minimum absolute atomic E-state index is 0. The Balaban J connectivity index is 0.000000310. The van der Waals surface area contributed by atoms with Crippen LogP contribution in [0.25, 0.3) is 0 Å². The first kappa shape index (κ1) is 48.2. The fraction of sp³-hybridized carbons (Fsp3) is 0.263. The van der Waals surface area contributed by atoms with Gasteiger partial charge in [0.05, 0.1) is 55.1 Å². The SMILES string of the molecule is Cc1ncc(C[n+]2csc(CCOC(=O)c3ccc([N+](=O)[O-])cc3)c2C)c(N)n1.Cc1ncc(C[n+]2csc(CCOC(=O)c3ccc([N+](=O)[O-])cc3)c2C)c(N)n1.Cl.[Cl-]. The third kappa shape index (κ3) is 12.9. The molecule has 0 aliphatic rings. The van der Waals surface area contributed by atoms with Crippen molar-refractivity contribution in [2.45, 2.75) is 53.6 Å². The van der Waals surface area contributed by atoms with Gasteiger partial charge in [0.15, 0.2) is 24.5 Å². The van der Waals surface area contributed by atoms with Gasteiger partial charge in [-0.3, -0.25) is 20.2 Å². The van der Waals surface area contributed by atoms with E-state index in [2.05, 4.69) is 29.1 Å². The number of halogens is 2. The van der Waals surface area contributed by atoms with Gasteiger partial charge in [0.2, 0.25) is 11.0 Å². The van der Waals surface area contributed by atoms with Gasteiger partial charge in [-0.2, -0.15) is 9.13 Å². The number of rotatable bonds is 14. The minimum Gasteiger partial charge on any atom is -1.00 e. The monoisotopic (exact) mass is 899 g/mol. The third-order valence-corrected chi connectivity index (χ3v) is 11.1. The summed E-state index contributed by atoms with van der Waals surface area (Å²) >= 11 is 3.14. The van der Waals surface area contributed by atoms with Crippen LogP contribution in [0.3, 0.4) is 0 Å². The number of nitrogen functional groups attached to an aromatic ring is 2. The molecule has 0 radical (unpaired) electrons. The van der Waals surface area contributed by atoms with Crippen molar-refractivity contribution in [2.75, 3.05) is 24.7 Å². The zero-order valence-electron chi connectivity index (χ0n) is 32.8. The van der Waals surface area contributed by atoms with Crippen LogP contribution >= 0.6 is 35.1 Å². The minimum atomic E-state index is -0.514. The second-order valence-electron chi connectivity index (χ2n) is 12.8. The van der Waals surface area contributed by atoms with Gasteiger partial charge in [-0.25, -0.2) is 29.5 Å². The first-order chi connectivity index (χ1) is 27.7. The van der Waals surface area contributed by atoms with Crippen molar-refractivity contribution in [1.29, 1.82) is 0 Å². The number of nitrogens with zero attached hydrogens (tertiary/aromatic N) is 8. The number of carbonyl (C=O) groups is 2. The van der Waals surface area contributed by atoms with Crippen molar-refractivity contribution >= 4 is 70.0 Å². The third-order valence-electron chi connectivity index (χ3n) is 8.78. The van der Waals surface area contributed by atoms with Gasteiger partial charge in [0.1, 0.15) is 23.3 Å². The standard InChI is InChI=1S/2C19H20N5O4S.2ClH/c2*1-12-17(29-11-23(12)10-15-9-21-13(2)22-18(15)20)7-8-28-19(25)14-3-5-16(6-4-14)24(26)27;;/h2*3-6,9,11H,7-8,10H2,1-2H3,(H2,20,21,22);2*1H/q2*+1;;/p-1. The highest BCUT2D eigenvalue weighted by Crippen LogP contribution is 2.18. The number of ether oxygens (including phenoxy) is 2. The molecule has 0 fully saturated rings. The summed E-state index contributed by atoms with van der Waals surface area (Å²) in [6.07, 6.45) is 4.60. The maximum absolute atomic E-state index is 12.1. The van der Waals surface area contributed by atoms with Gasteiger partial charge in [-0.1, -0.05) is 22.7 Å². The molecule has 0 aliphatic heterocycles. The fourth-order valence-corrected chi connectivity index (χ4v) is 7.36. The zero-order chi connectivity index (χ0) is 41.9. The van der Waals surface area contributed by atoms with Crippen LogP contribution in [0.1, 0.15) is 64.6 Å². The Kier molecular flexibility index (Phi) is 17.8. The normalized spacial score (nSPS) is 10.3. The Morgan fingerprint density at radius 2 is 1.02 bits per heavy atom. The van der Waals surface area contributed by atoms with Crippen molar-refractivity contribution in [3.8, 4) is 0 Å². The van der Waals surface area contributed by atoms with E-state index in [0.717, 1.165) is 32.3 Å². The summed E-state index contributed by atoms with van der Waals surface area (Å²) in [6.45, 7) is 9.14. The highest BCUT2D eigenvalue weighted by Gasteiger charge is 2.20. The van der Waals surface area contributed by atoms with Crippen LogP contribution in [-0.4, -0.2) is 54.9 Å². The van der Waals surface area contributed by atoms with Crippen LogP contribution in [0.5, 0.6) is 0 Å². The molecule has 0 aliphatic carbocycles. The summed E-state index contributed by atoms with van der Waals surface area (Å²) < 4.78 is 14.7. The molecular formula is C38H41Cl2N10O8S2+. The summed E-state index contributed by atoms with van der Waals surface area (Å²) in [5, 5.41) is 21.3. The van der Waals surface area contributed by atoms with Crippen LogP contribution in [0.4, 0.5) is 23.0 Å². The molecule has 4 N–H and O–H groups in total. The quantitative estimate of drug-likeness (QED) is 0.0689. The Labute approximate surface area is 364 Å². The van der Waals surface area contributed by atoms with E-state index >= 15 is 0 Å². The first-order valence-electron chi connectivity index (χ1n) is 17.6. The Morgan fingerprint density at radius 1 is 0.667 bits per heavy atom. The molecule has 0 bridgehead atoms. The van der Waals surface area contributed by atoms with Crippen molar-refractivity contribution in [1.82, 2.24) is 19.9 Å². The lowest BCUT2D eigenvalue weighted by molar-refractivity contribution is -0.689. The maximum Gasteiger partial charge on any atom is 0.338 e. The number of nitro groups is 2. The number of hydrogen-bond acceptors (Lipinski definition) is 16. The lowest BCUT2D eigenvalue weighted by Crippen LogP contribution is -3.00. The van der Waals surface area contributed by atoms with E-state index in [0.29, 0.717) is 49.2 Å². The summed E-state index contributed by atoms with van der Waals surface area (Å²) in [6, 6.07) is 10.7. The average Bonchev–Trinajstić information content (AvgIpc) is 3.73. The summed E-state index contributed by atoms with van der Waals surface area (Å²) in [7, 11) is 0. The molecule has 18 nitrogen and oxygen atoms in total. The lowest BCUT2D eigenvalue weighted by atomic mass is 10.2. The van der Waals surface area contributed by atoms with Crippen molar-refractivity contribution in [3.63, 3.8) is 0 Å². The van der Waals surface area contributed by atoms with E-state index in [1.165, 1.54) is 48.5 Å². The van der Waals surface area contributed by atoms with E-state index < -0.39 is 21.8 Å². The number of anilines is 2. The van der Waals surface area contributed by atoms with Crippen molar-refractivity contribution in [2.24, 2.45) is 0 Å². The first-order valence-corrected chi connectivity index (χ1v) is 19.4. The van der Waals surface area contributed by atoms with Crippen LogP contribution in [0.2, 0.25) is 0 Å². The van der Waals surface area contributed by atoms with Crippen LogP contribution in [-0.2, 0) is 35.4 Å². The number of nitro benzene ring substituents is 2. The molecule has 0 atom stereocenters. The van der Waals surface area contributed by atoms with E-state index in [1.807, 2.05) is 24.9 Å². The van der Waals surface area contributed by atoms with Crippen LogP contribution in [0, 0.1) is 47.9 Å². The average molecular weight is 901 g/mol. The number of aryl methyl sites for hydroxylation is 2. The van der Waals surface area contributed by atoms with E-state index in [1.54, 1.807) is 48.9 Å². The number of hydrogen-bond donors (Lipinski definition) is 2. The van der Waals surface area contributed by atoms with Crippen molar-refractivity contribution < 1.29 is 50.5 Å². The molecule has 0 saturated carbocycles. The van der Waals surface area contributed by atoms with E-state index in [-0.39, 0.29) is 60.5 Å². The smallest absolute Gasteiger partial charge is 0.338 e. The number of aromatic nitrogens is 6. The summed E-state index contributed by atoms with van der Waals surface area (Å²) in [5.74, 6) is 1.18. The zero-order valence-corrected chi connectivity index (χ0v) is 36.0. The van der Waals surface area contributed by atoms with E-state index in [9.17, 15) is 29.8 Å². The molecular weight excluding hydrogens is 860 g/mol. The van der Waals surface area contributed by atoms with Crippen LogP contribution < -0.4 is 33.0 Å². The molecule has 2 aromatic carbocycles. The highest BCUT2D eigenvalue weighted by atomic mass is 35.5. The fourth-order valence-electron chi connectivity index (χ4n) is 5.41. The topological polar surface area (TPSA) is 250 Å². The summed E-state index contributed by atoms with van der Waals surface area (Å²) in [5.41, 5.74) is 20.1. The molecule has 60 heavy (non-hydrogen) atoms. The highest BCUT2D eigenvalue weighted by molar-refractivity contribution is 7.09. The van der Waals surface area contributed by atoms with Gasteiger partial charge >= 0.3 is 11.9 Å². The van der Waals surface area contributed by atoms with Gasteiger partial charge in [-0.15, -0.1) is 12.4 Å². The molecule has 4 aromatic heterocycles. The number of esters is 2. The predicted molar refractivity (Wildman–Crippen MR) is 220 cm³/mol. The van der Waals surface area contributed by atoms with Gasteiger partial charge in [0.25, 0.3) is 11.4 Å². The number of nitrogens with two attached hydrogens (primary N) is 2. The number of benzene rings is 2. The molecule has 316 valence electrons. The molecule has 4 heterocycles.